The molecule has 2 heteroatoms. The van der Waals surface area contributed by atoms with E-state index in [4.69, 9.17) is 5.11 Å². The second-order valence-corrected chi connectivity index (χ2v) is 3.94. The number of rotatable bonds is 3. The minimum atomic E-state index is -0.787. The summed E-state index contributed by atoms with van der Waals surface area (Å²) in [6.45, 7) is 2.12. The van der Waals surface area contributed by atoms with Crippen LogP contribution in [0.1, 0.15) is 18.1 Å². The second-order valence-electron chi connectivity index (χ2n) is 3.94. The molecule has 2 rings (SSSR count). The standard InChI is InChI=1S/C14H14O2/c1-2-10-3-5-13-8-11(9-14(15)16)4-6-12(13)7-10/h3-8H,2,9H2,1H3,(H,15,16). The first-order valence-electron chi connectivity index (χ1n) is 5.42. The summed E-state index contributed by atoms with van der Waals surface area (Å²) in [4.78, 5) is 10.6. The molecule has 0 amide bonds. The highest BCUT2D eigenvalue weighted by Gasteiger charge is 2.02. The third-order valence-electron chi connectivity index (χ3n) is 2.73. The van der Waals surface area contributed by atoms with Gasteiger partial charge in [-0.2, -0.15) is 0 Å². The lowest BCUT2D eigenvalue weighted by Gasteiger charge is -2.03. The van der Waals surface area contributed by atoms with Crippen molar-refractivity contribution in [2.45, 2.75) is 19.8 Å². The number of carboxylic acid groups (broad SMARTS) is 1. The molecule has 0 radical (unpaired) electrons. The average Bonchev–Trinajstić information content (AvgIpc) is 2.27. The summed E-state index contributed by atoms with van der Waals surface area (Å²) in [6, 6.07) is 12.1. The minimum absolute atomic E-state index is 0.0888. The maximum atomic E-state index is 10.6. The number of benzene rings is 2. The van der Waals surface area contributed by atoms with Crippen LogP contribution in [0.5, 0.6) is 0 Å². The van der Waals surface area contributed by atoms with E-state index < -0.39 is 5.97 Å². The highest BCUT2D eigenvalue weighted by atomic mass is 16.4. The van der Waals surface area contributed by atoms with Crippen molar-refractivity contribution in [3.05, 3.63) is 47.5 Å². The van der Waals surface area contributed by atoms with Crippen molar-refractivity contribution in [3.63, 3.8) is 0 Å². The predicted molar refractivity (Wildman–Crippen MR) is 64.7 cm³/mol. The van der Waals surface area contributed by atoms with Gasteiger partial charge in [-0.3, -0.25) is 4.79 Å². The summed E-state index contributed by atoms with van der Waals surface area (Å²) < 4.78 is 0. The Morgan fingerprint density at radius 3 is 2.19 bits per heavy atom. The Labute approximate surface area is 94.5 Å². The summed E-state index contributed by atoms with van der Waals surface area (Å²) in [5.41, 5.74) is 2.16. The maximum absolute atomic E-state index is 10.6. The van der Waals surface area contributed by atoms with Gasteiger partial charge in [-0.05, 0) is 28.3 Å². The molecule has 0 bridgehead atoms. The van der Waals surface area contributed by atoms with Crippen molar-refractivity contribution < 1.29 is 9.90 Å². The number of aliphatic carboxylic acids is 1. The lowest BCUT2D eigenvalue weighted by molar-refractivity contribution is -0.136. The molecular weight excluding hydrogens is 200 g/mol. The monoisotopic (exact) mass is 214 g/mol. The van der Waals surface area contributed by atoms with E-state index in [1.807, 2.05) is 18.2 Å². The molecular formula is C14H14O2. The molecule has 0 saturated heterocycles. The van der Waals surface area contributed by atoms with Crippen LogP contribution in [0, 0.1) is 0 Å². The Morgan fingerprint density at radius 1 is 1.06 bits per heavy atom. The number of fused-ring (bicyclic) bond motifs is 1. The predicted octanol–water partition coefficient (Wildman–Crippen LogP) is 3.03. The maximum Gasteiger partial charge on any atom is 0.307 e. The number of carboxylic acids is 1. The van der Waals surface area contributed by atoms with Crippen molar-refractivity contribution in [1.29, 1.82) is 0 Å². The molecule has 2 nitrogen and oxygen atoms in total. The fourth-order valence-electron chi connectivity index (χ4n) is 1.85. The van der Waals surface area contributed by atoms with E-state index in [1.54, 1.807) is 0 Å². The fraction of sp³-hybridized carbons (Fsp3) is 0.214. The van der Waals surface area contributed by atoms with Gasteiger partial charge in [0, 0.05) is 0 Å². The van der Waals surface area contributed by atoms with Crippen LogP contribution < -0.4 is 0 Å². The van der Waals surface area contributed by atoms with Crippen LogP contribution in [0.25, 0.3) is 10.8 Å². The van der Waals surface area contributed by atoms with Gasteiger partial charge in [0.25, 0.3) is 0 Å². The molecule has 2 aromatic rings. The molecule has 16 heavy (non-hydrogen) atoms. The van der Waals surface area contributed by atoms with Crippen LogP contribution in [0.3, 0.4) is 0 Å². The van der Waals surface area contributed by atoms with Gasteiger partial charge >= 0.3 is 5.97 Å². The van der Waals surface area contributed by atoms with E-state index in [0.717, 1.165) is 17.4 Å². The third kappa shape index (κ3) is 2.22. The summed E-state index contributed by atoms with van der Waals surface area (Å²) >= 11 is 0. The Balaban J connectivity index is 2.43. The van der Waals surface area contributed by atoms with Crippen LogP contribution in [-0.2, 0) is 17.6 Å². The Bertz CT molecular complexity index is 529. The smallest absolute Gasteiger partial charge is 0.307 e. The molecule has 0 aromatic heterocycles. The molecule has 0 heterocycles. The van der Waals surface area contributed by atoms with Crippen molar-refractivity contribution >= 4 is 16.7 Å². The molecule has 0 aliphatic rings. The van der Waals surface area contributed by atoms with E-state index in [2.05, 4.69) is 25.1 Å². The van der Waals surface area contributed by atoms with E-state index in [1.165, 1.54) is 10.9 Å². The van der Waals surface area contributed by atoms with Gasteiger partial charge in [0.2, 0.25) is 0 Å². The molecule has 2 aromatic carbocycles. The molecule has 82 valence electrons. The van der Waals surface area contributed by atoms with Gasteiger partial charge in [0.15, 0.2) is 0 Å². The first-order valence-corrected chi connectivity index (χ1v) is 5.42. The van der Waals surface area contributed by atoms with E-state index in [0.29, 0.717) is 0 Å². The molecule has 1 N–H and O–H groups in total. The minimum Gasteiger partial charge on any atom is -0.481 e. The number of aryl methyl sites for hydroxylation is 1. The van der Waals surface area contributed by atoms with Gasteiger partial charge in [-0.25, -0.2) is 0 Å². The Morgan fingerprint density at radius 2 is 1.62 bits per heavy atom. The summed E-state index contributed by atoms with van der Waals surface area (Å²) in [5, 5.41) is 11.0. The lowest BCUT2D eigenvalue weighted by Crippen LogP contribution is -1.99. The SMILES string of the molecule is CCc1ccc2cc(CC(=O)O)ccc2c1. The van der Waals surface area contributed by atoms with Gasteiger partial charge in [0.05, 0.1) is 6.42 Å². The van der Waals surface area contributed by atoms with E-state index >= 15 is 0 Å². The zero-order chi connectivity index (χ0) is 11.5. The van der Waals surface area contributed by atoms with E-state index in [-0.39, 0.29) is 6.42 Å². The molecule has 0 saturated carbocycles. The average molecular weight is 214 g/mol. The van der Waals surface area contributed by atoms with Crippen LogP contribution in [0.2, 0.25) is 0 Å². The molecule has 0 aliphatic carbocycles. The Hall–Kier alpha value is -1.83. The molecule has 0 atom stereocenters. The summed E-state index contributed by atoms with van der Waals surface area (Å²) in [6.07, 6.45) is 1.11. The first kappa shape index (κ1) is 10.7. The Kier molecular flexibility index (Phi) is 2.91. The van der Waals surface area contributed by atoms with Gasteiger partial charge in [-0.1, -0.05) is 43.3 Å². The third-order valence-corrected chi connectivity index (χ3v) is 2.73. The van der Waals surface area contributed by atoms with Gasteiger partial charge < -0.3 is 5.11 Å². The van der Waals surface area contributed by atoms with E-state index in [9.17, 15) is 4.79 Å². The van der Waals surface area contributed by atoms with Crippen molar-refractivity contribution in [2.24, 2.45) is 0 Å². The molecule has 0 fully saturated rings. The highest BCUT2D eigenvalue weighted by molar-refractivity contribution is 5.84. The zero-order valence-electron chi connectivity index (χ0n) is 9.23. The zero-order valence-corrected chi connectivity index (χ0v) is 9.23. The lowest BCUT2D eigenvalue weighted by atomic mass is 10.0. The van der Waals surface area contributed by atoms with Gasteiger partial charge in [-0.15, -0.1) is 0 Å². The molecule has 0 spiro atoms. The summed E-state index contributed by atoms with van der Waals surface area (Å²) in [7, 11) is 0. The quantitative estimate of drug-likeness (QED) is 0.852. The van der Waals surface area contributed by atoms with Crippen molar-refractivity contribution in [2.75, 3.05) is 0 Å². The first-order chi connectivity index (χ1) is 7.69. The summed E-state index contributed by atoms with van der Waals surface area (Å²) in [5.74, 6) is -0.787. The van der Waals surface area contributed by atoms with Gasteiger partial charge in [0.1, 0.15) is 0 Å². The largest absolute Gasteiger partial charge is 0.481 e. The normalized spacial score (nSPS) is 10.6. The topological polar surface area (TPSA) is 37.3 Å². The van der Waals surface area contributed by atoms with Crippen molar-refractivity contribution in [3.8, 4) is 0 Å². The highest BCUT2D eigenvalue weighted by Crippen LogP contribution is 2.18. The molecule has 0 unspecified atom stereocenters. The van der Waals surface area contributed by atoms with Crippen LogP contribution in [0.15, 0.2) is 36.4 Å². The van der Waals surface area contributed by atoms with Crippen LogP contribution >= 0.6 is 0 Å². The number of carbonyl (C=O) groups is 1. The second kappa shape index (κ2) is 4.35. The number of hydrogen-bond acceptors (Lipinski definition) is 1. The number of hydrogen-bond donors (Lipinski definition) is 1. The van der Waals surface area contributed by atoms with Crippen LogP contribution in [0.4, 0.5) is 0 Å². The fourth-order valence-corrected chi connectivity index (χ4v) is 1.85. The van der Waals surface area contributed by atoms with Crippen LogP contribution in [-0.4, -0.2) is 11.1 Å². The molecule has 0 aliphatic heterocycles. The van der Waals surface area contributed by atoms with Crippen molar-refractivity contribution in [1.82, 2.24) is 0 Å².